The molecule has 0 fully saturated rings. The zero-order valence-electron chi connectivity index (χ0n) is 8.81. The maximum absolute atomic E-state index is 10.6. The van der Waals surface area contributed by atoms with Crippen LogP contribution in [0, 0.1) is 10.1 Å². The minimum atomic E-state index is -0.599. The van der Waals surface area contributed by atoms with E-state index < -0.39 is 4.92 Å². The van der Waals surface area contributed by atoms with Crippen LogP contribution >= 0.6 is 22.9 Å². The summed E-state index contributed by atoms with van der Waals surface area (Å²) in [4.78, 5) is 16.3. The highest BCUT2D eigenvalue weighted by Crippen LogP contribution is 2.21. The molecule has 0 saturated carbocycles. The highest BCUT2D eigenvalue weighted by molar-refractivity contribution is 7.15. The average Bonchev–Trinajstić information content (AvgIpc) is 2.59. The van der Waals surface area contributed by atoms with Gasteiger partial charge in [0.25, 0.3) is 0 Å². The average molecular weight is 263 g/mol. The van der Waals surface area contributed by atoms with Crippen LogP contribution in [0.5, 0.6) is 0 Å². The third-order valence-electron chi connectivity index (χ3n) is 1.90. The first kappa shape index (κ1) is 12.7. The number of thiazole rings is 1. The van der Waals surface area contributed by atoms with Gasteiger partial charge in [-0.3, -0.25) is 5.73 Å². The molecule has 0 aliphatic heterocycles. The summed E-state index contributed by atoms with van der Waals surface area (Å²) >= 11 is 6.96. The molecule has 0 aliphatic carbocycles. The van der Waals surface area contributed by atoms with Crippen LogP contribution in [0.2, 0.25) is 4.47 Å². The number of hydrogen-bond donors (Lipinski definition) is 1. The molecule has 1 aromatic rings. The van der Waals surface area contributed by atoms with Crippen LogP contribution in [-0.2, 0) is 6.42 Å². The number of allylic oxidation sites excluding steroid dienone is 1. The lowest BCUT2D eigenvalue weighted by Crippen LogP contribution is -2.23. The number of nitrogens with zero attached hydrogens (tertiary/aromatic N) is 3. The molecule has 1 aromatic heterocycles. The Balaban J connectivity index is 2.97. The molecule has 0 saturated heterocycles. The van der Waals surface area contributed by atoms with Crippen molar-refractivity contribution in [3.8, 4) is 0 Å². The van der Waals surface area contributed by atoms with E-state index in [-0.39, 0.29) is 5.82 Å². The Bertz CT molecular complexity index is 429. The van der Waals surface area contributed by atoms with Gasteiger partial charge >= 0.3 is 5.82 Å². The van der Waals surface area contributed by atoms with E-state index in [0.717, 1.165) is 4.88 Å². The van der Waals surface area contributed by atoms with Crippen LogP contribution in [0.4, 0.5) is 0 Å². The second kappa shape index (κ2) is 5.13. The minimum Gasteiger partial charge on any atom is -0.374 e. The molecule has 0 aromatic carbocycles. The third kappa shape index (κ3) is 3.07. The molecule has 88 valence electrons. The summed E-state index contributed by atoms with van der Waals surface area (Å²) in [6.07, 6.45) is 1.94. The highest BCUT2D eigenvalue weighted by atomic mass is 35.5. The standard InChI is InChI=1S/C8H11ClN4O2S/c1-12(2)6(7(10)13(14)15)3-5-4-11-8(9)16-5/h4H,3,10H2,1-2H3. The number of likely N-dealkylation sites (N-methyl/N-ethyl adjacent to an activating group) is 1. The molecule has 1 heterocycles. The Labute approximate surface area is 101 Å². The van der Waals surface area contributed by atoms with Gasteiger partial charge in [-0.1, -0.05) is 11.6 Å². The van der Waals surface area contributed by atoms with Crippen molar-refractivity contribution in [1.82, 2.24) is 9.88 Å². The molecule has 16 heavy (non-hydrogen) atoms. The summed E-state index contributed by atoms with van der Waals surface area (Å²) in [6, 6.07) is 0. The van der Waals surface area contributed by atoms with E-state index in [1.807, 2.05) is 0 Å². The van der Waals surface area contributed by atoms with Crippen molar-refractivity contribution >= 4 is 22.9 Å². The second-order valence-corrected chi connectivity index (χ2v) is 4.94. The molecule has 0 bridgehead atoms. The van der Waals surface area contributed by atoms with Gasteiger partial charge in [-0.05, 0) is 4.92 Å². The number of rotatable bonds is 4. The number of nitro groups is 1. The molecule has 0 atom stereocenters. The smallest absolute Gasteiger partial charge is 0.333 e. The topological polar surface area (TPSA) is 85.3 Å². The predicted octanol–water partition coefficient (Wildman–Crippen LogP) is 1.31. The molecule has 0 amide bonds. The van der Waals surface area contributed by atoms with Crippen molar-refractivity contribution in [3.05, 3.63) is 37.2 Å². The van der Waals surface area contributed by atoms with Gasteiger partial charge in [0.05, 0.1) is 0 Å². The van der Waals surface area contributed by atoms with E-state index in [0.29, 0.717) is 16.6 Å². The molecular formula is C8H11ClN4O2S. The van der Waals surface area contributed by atoms with Crippen LogP contribution in [0.1, 0.15) is 4.88 Å². The fourth-order valence-corrected chi connectivity index (χ4v) is 2.10. The zero-order chi connectivity index (χ0) is 12.3. The van der Waals surface area contributed by atoms with Gasteiger partial charge in [-0.25, -0.2) is 4.98 Å². The molecule has 0 unspecified atom stereocenters. The minimum absolute atomic E-state index is 0.351. The lowest BCUT2D eigenvalue weighted by atomic mass is 10.2. The molecule has 0 spiro atoms. The van der Waals surface area contributed by atoms with Crippen molar-refractivity contribution in [2.75, 3.05) is 14.1 Å². The first-order valence-electron chi connectivity index (χ1n) is 4.32. The van der Waals surface area contributed by atoms with E-state index in [1.165, 1.54) is 11.3 Å². The van der Waals surface area contributed by atoms with Crippen molar-refractivity contribution in [1.29, 1.82) is 0 Å². The number of aromatic nitrogens is 1. The Hall–Kier alpha value is -1.34. The van der Waals surface area contributed by atoms with Gasteiger partial charge < -0.3 is 15.0 Å². The molecule has 1 rings (SSSR count). The van der Waals surface area contributed by atoms with Crippen molar-refractivity contribution in [2.45, 2.75) is 6.42 Å². The Morgan fingerprint density at radius 2 is 2.38 bits per heavy atom. The largest absolute Gasteiger partial charge is 0.374 e. The van der Waals surface area contributed by atoms with E-state index >= 15 is 0 Å². The van der Waals surface area contributed by atoms with E-state index in [2.05, 4.69) is 4.98 Å². The second-order valence-electron chi connectivity index (χ2n) is 3.24. The first-order valence-corrected chi connectivity index (χ1v) is 5.51. The Morgan fingerprint density at radius 3 is 2.75 bits per heavy atom. The first-order chi connectivity index (χ1) is 7.41. The van der Waals surface area contributed by atoms with Crippen LogP contribution in [0.15, 0.2) is 17.7 Å². The number of hydrogen-bond acceptors (Lipinski definition) is 6. The van der Waals surface area contributed by atoms with Crippen LogP contribution in [0.25, 0.3) is 0 Å². The van der Waals surface area contributed by atoms with Gasteiger partial charge in [0.2, 0.25) is 0 Å². The van der Waals surface area contributed by atoms with Gasteiger partial charge in [-0.2, -0.15) is 0 Å². The molecule has 0 aliphatic rings. The van der Waals surface area contributed by atoms with E-state index in [9.17, 15) is 10.1 Å². The summed E-state index contributed by atoms with van der Waals surface area (Å²) in [6.45, 7) is 0. The number of nitrogens with two attached hydrogens (primary N) is 1. The van der Waals surface area contributed by atoms with Gasteiger partial charge in [-0.15, -0.1) is 11.3 Å². The quantitative estimate of drug-likeness (QED) is 0.653. The fraction of sp³-hybridized carbons (Fsp3) is 0.375. The van der Waals surface area contributed by atoms with Crippen LogP contribution < -0.4 is 5.73 Å². The monoisotopic (exact) mass is 262 g/mol. The molecule has 0 radical (unpaired) electrons. The normalized spacial score (nSPS) is 12.2. The van der Waals surface area contributed by atoms with Crippen molar-refractivity contribution < 1.29 is 4.92 Å². The molecule has 2 N–H and O–H groups in total. The lowest BCUT2D eigenvalue weighted by Gasteiger charge is -2.15. The summed E-state index contributed by atoms with van der Waals surface area (Å²) < 4.78 is 0.410. The zero-order valence-corrected chi connectivity index (χ0v) is 10.4. The SMILES string of the molecule is CN(C)C(Cc1cnc(Cl)s1)=C(N)[N+](=O)[O-]. The highest BCUT2D eigenvalue weighted by Gasteiger charge is 2.16. The Kier molecular flexibility index (Phi) is 4.08. The van der Waals surface area contributed by atoms with Crippen LogP contribution in [-0.4, -0.2) is 28.9 Å². The van der Waals surface area contributed by atoms with Gasteiger partial charge in [0.1, 0.15) is 5.70 Å². The van der Waals surface area contributed by atoms with Gasteiger partial charge in [0, 0.05) is 31.6 Å². The van der Waals surface area contributed by atoms with E-state index in [1.54, 1.807) is 25.2 Å². The maximum atomic E-state index is 10.6. The summed E-state index contributed by atoms with van der Waals surface area (Å²) in [5.41, 5.74) is 5.84. The third-order valence-corrected chi connectivity index (χ3v) is 3.01. The fourth-order valence-electron chi connectivity index (χ4n) is 1.11. The summed E-state index contributed by atoms with van der Waals surface area (Å²) in [5, 5.41) is 10.6. The lowest BCUT2D eigenvalue weighted by molar-refractivity contribution is -0.428. The Morgan fingerprint density at radius 1 is 1.75 bits per heavy atom. The van der Waals surface area contributed by atoms with Crippen molar-refractivity contribution in [2.24, 2.45) is 5.73 Å². The van der Waals surface area contributed by atoms with E-state index in [4.69, 9.17) is 17.3 Å². The summed E-state index contributed by atoms with van der Waals surface area (Å²) in [7, 11) is 3.41. The summed E-state index contributed by atoms with van der Waals surface area (Å²) in [5.74, 6) is -0.352. The van der Waals surface area contributed by atoms with Crippen LogP contribution in [0.3, 0.4) is 0 Å². The molecular weight excluding hydrogens is 252 g/mol. The number of halogens is 1. The maximum Gasteiger partial charge on any atom is 0.333 e. The van der Waals surface area contributed by atoms with Gasteiger partial charge in [0.15, 0.2) is 4.47 Å². The molecule has 8 heteroatoms. The molecule has 6 nitrogen and oxygen atoms in total. The predicted molar refractivity (Wildman–Crippen MR) is 62.7 cm³/mol. The van der Waals surface area contributed by atoms with Crippen molar-refractivity contribution in [3.63, 3.8) is 0 Å².